The van der Waals surface area contributed by atoms with Crippen molar-refractivity contribution in [1.82, 2.24) is 0 Å². The van der Waals surface area contributed by atoms with Crippen molar-refractivity contribution in [3.63, 3.8) is 0 Å². The predicted octanol–water partition coefficient (Wildman–Crippen LogP) is 5.57. The van der Waals surface area contributed by atoms with E-state index in [-0.39, 0.29) is 11.3 Å². The van der Waals surface area contributed by atoms with E-state index in [4.69, 9.17) is 4.74 Å². The van der Waals surface area contributed by atoms with Crippen LogP contribution in [0.5, 0.6) is 5.75 Å². The highest BCUT2D eigenvalue weighted by atomic mass is 16.5. The average molecular weight is 339 g/mol. The van der Waals surface area contributed by atoms with E-state index in [2.05, 4.69) is 57.3 Å². The van der Waals surface area contributed by atoms with Gasteiger partial charge in [0, 0.05) is 12.1 Å². The minimum atomic E-state index is -0.0248. The van der Waals surface area contributed by atoms with Gasteiger partial charge in [-0.3, -0.25) is 4.79 Å². The number of amides is 1. The highest BCUT2D eigenvalue weighted by Crippen LogP contribution is 2.28. The molecular weight excluding hydrogens is 310 g/mol. The van der Waals surface area contributed by atoms with E-state index in [0.717, 1.165) is 28.1 Å². The fraction of sp³-hybridized carbons (Fsp3) is 0.409. The van der Waals surface area contributed by atoms with Crippen LogP contribution in [0, 0.1) is 26.2 Å². The first-order valence-electron chi connectivity index (χ1n) is 8.73. The molecule has 3 nitrogen and oxygen atoms in total. The molecule has 0 aliphatic heterocycles. The first kappa shape index (κ1) is 19.0. The number of ether oxygens (including phenoxy) is 1. The molecule has 0 aromatic heterocycles. The lowest BCUT2D eigenvalue weighted by Gasteiger charge is -2.19. The molecule has 0 unspecified atom stereocenters. The molecule has 0 radical (unpaired) electrons. The third-order valence-electron chi connectivity index (χ3n) is 3.99. The molecule has 0 atom stereocenters. The molecule has 2 aromatic rings. The Balaban J connectivity index is 2.06. The molecule has 25 heavy (non-hydrogen) atoms. The number of carbonyl (C=O) groups is 1. The van der Waals surface area contributed by atoms with Crippen LogP contribution < -0.4 is 10.1 Å². The molecule has 0 saturated heterocycles. The number of nitrogens with one attached hydrogen (secondary N) is 1. The normalized spacial score (nSPS) is 11.3. The summed E-state index contributed by atoms with van der Waals surface area (Å²) in [6, 6.07) is 12.3. The third-order valence-corrected chi connectivity index (χ3v) is 3.99. The van der Waals surface area contributed by atoms with Crippen molar-refractivity contribution in [2.45, 2.75) is 54.6 Å². The largest absolute Gasteiger partial charge is 0.489 e. The molecule has 0 aliphatic rings. The Kier molecular flexibility index (Phi) is 5.89. The van der Waals surface area contributed by atoms with Gasteiger partial charge in [-0.1, -0.05) is 50.6 Å². The van der Waals surface area contributed by atoms with Crippen molar-refractivity contribution >= 4 is 11.6 Å². The number of aryl methyl sites for hydroxylation is 3. The minimum absolute atomic E-state index is 0.0248. The topological polar surface area (TPSA) is 38.3 Å². The number of benzene rings is 2. The van der Waals surface area contributed by atoms with Crippen molar-refractivity contribution in [1.29, 1.82) is 0 Å². The fourth-order valence-electron chi connectivity index (χ4n) is 2.72. The zero-order valence-electron chi connectivity index (χ0n) is 16.2. The van der Waals surface area contributed by atoms with Crippen LogP contribution in [0.15, 0.2) is 36.4 Å². The molecule has 0 aliphatic carbocycles. The molecular formula is C22H29NO2. The van der Waals surface area contributed by atoms with Crippen LogP contribution in [0.25, 0.3) is 0 Å². The molecule has 0 heterocycles. The van der Waals surface area contributed by atoms with Gasteiger partial charge in [0.15, 0.2) is 0 Å². The second-order valence-corrected chi connectivity index (χ2v) is 7.99. The number of hydrogen-bond acceptors (Lipinski definition) is 2. The summed E-state index contributed by atoms with van der Waals surface area (Å²) in [5.74, 6) is 0.872. The number of hydrogen-bond donors (Lipinski definition) is 1. The maximum Gasteiger partial charge on any atom is 0.224 e. The summed E-state index contributed by atoms with van der Waals surface area (Å²) in [5.41, 5.74) is 5.27. The quantitative estimate of drug-likeness (QED) is 0.774. The summed E-state index contributed by atoms with van der Waals surface area (Å²) in [6.45, 7) is 12.8. The van der Waals surface area contributed by atoms with Gasteiger partial charge in [0.1, 0.15) is 12.4 Å². The van der Waals surface area contributed by atoms with Gasteiger partial charge in [-0.15, -0.1) is 0 Å². The SMILES string of the molecule is Cc1ccc(COc2cc(C)c(NC(=O)CC(C)(C)C)c(C)c2)cc1. The van der Waals surface area contributed by atoms with Crippen LogP contribution in [0.3, 0.4) is 0 Å². The second-order valence-electron chi connectivity index (χ2n) is 7.99. The van der Waals surface area contributed by atoms with E-state index in [9.17, 15) is 4.79 Å². The predicted molar refractivity (Wildman–Crippen MR) is 104 cm³/mol. The number of carbonyl (C=O) groups excluding carboxylic acids is 1. The van der Waals surface area contributed by atoms with Gasteiger partial charge in [-0.2, -0.15) is 0 Å². The summed E-state index contributed by atoms with van der Waals surface area (Å²) in [6.07, 6.45) is 0.498. The zero-order valence-corrected chi connectivity index (χ0v) is 16.2. The summed E-state index contributed by atoms with van der Waals surface area (Å²) in [5, 5.41) is 3.05. The molecule has 1 N–H and O–H groups in total. The molecule has 3 heteroatoms. The van der Waals surface area contributed by atoms with Gasteiger partial charge in [0.05, 0.1) is 0 Å². The van der Waals surface area contributed by atoms with Crippen molar-refractivity contribution in [3.8, 4) is 5.75 Å². The molecule has 1 amide bonds. The second kappa shape index (κ2) is 7.73. The fourth-order valence-corrected chi connectivity index (χ4v) is 2.72. The summed E-state index contributed by atoms with van der Waals surface area (Å²) < 4.78 is 5.92. The van der Waals surface area contributed by atoms with Gasteiger partial charge in [0.2, 0.25) is 5.91 Å². The highest BCUT2D eigenvalue weighted by Gasteiger charge is 2.17. The van der Waals surface area contributed by atoms with E-state index in [1.54, 1.807) is 0 Å². The summed E-state index contributed by atoms with van der Waals surface area (Å²) >= 11 is 0. The lowest BCUT2D eigenvalue weighted by Crippen LogP contribution is -2.20. The van der Waals surface area contributed by atoms with Crippen LogP contribution in [0.1, 0.15) is 49.4 Å². The first-order valence-corrected chi connectivity index (χ1v) is 8.73. The first-order chi connectivity index (χ1) is 11.6. The molecule has 0 saturated carbocycles. The molecule has 2 rings (SSSR count). The Hall–Kier alpha value is -2.29. The standard InChI is InChI=1S/C22H29NO2/c1-15-7-9-18(10-8-15)14-25-19-11-16(2)21(17(3)12-19)23-20(24)13-22(4,5)6/h7-12H,13-14H2,1-6H3,(H,23,24). The minimum Gasteiger partial charge on any atom is -0.489 e. The van der Waals surface area contributed by atoms with Gasteiger partial charge in [-0.25, -0.2) is 0 Å². The smallest absolute Gasteiger partial charge is 0.224 e. The van der Waals surface area contributed by atoms with E-state index < -0.39 is 0 Å². The van der Waals surface area contributed by atoms with Crippen LogP contribution in [0.4, 0.5) is 5.69 Å². The number of anilines is 1. The zero-order chi connectivity index (χ0) is 18.6. The van der Waals surface area contributed by atoms with Gasteiger partial charge < -0.3 is 10.1 Å². The van der Waals surface area contributed by atoms with Gasteiger partial charge >= 0.3 is 0 Å². The maximum atomic E-state index is 12.2. The summed E-state index contributed by atoms with van der Waals surface area (Å²) in [4.78, 5) is 12.2. The lowest BCUT2D eigenvalue weighted by molar-refractivity contribution is -0.117. The van der Waals surface area contributed by atoms with Crippen LogP contribution >= 0.6 is 0 Å². The molecule has 2 aromatic carbocycles. The Morgan fingerprint density at radius 1 is 1.00 bits per heavy atom. The molecule has 134 valence electrons. The van der Waals surface area contributed by atoms with Crippen molar-refractivity contribution in [2.75, 3.05) is 5.32 Å². The lowest BCUT2D eigenvalue weighted by atomic mass is 9.92. The van der Waals surface area contributed by atoms with Crippen LogP contribution in [-0.4, -0.2) is 5.91 Å². The highest BCUT2D eigenvalue weighted by molar-refractivity contribution is 5.92. The van der Waals surface area contributed by atoms with Gasteiger partial charge in [-0.05, 0) is 55.0 Å². The number of rotatable bonds is 5. The monoisotopic (exact) mass is 339 g/mol. The van der Waals surface area contributed by atoms with E-state index in [1.807, 2.05) is 26.0 Å². The molecule has 0 fully saturated rings. The Morgan fingerprint density at radius 3 is 2.08 bits per heavy atom. The van der Waals surface area contributed by atoms with Gasteiger partial charge in [0.25, 0.3) is 0 Å². The Morgan fingerprint density at radius 2 is 1.56 bits per heavy atom. The average Bonchev–Trinajstić information content (AvgIpc) is 2.48. The van der Waals surface area contributed by atoms with E-state index in [1.165, 1.54) is 5.56 Å². The molecule has 0 bridgehead atoms. The van der Waals surface area contributed by atoms with Crippen LogP contribution in [-0.2, 0) is 11.4 Å². The van der Waals surface area contributed by atoms with Crippen molar-refractivity contribution in [3.05, 3.63) is 58.7 Å². The molecule has 0 spiro atoms. The van der Waals surface area contributed by atoms with E-state index in [0.29, 0.717) is 13.0 Å². The van der Waals surface area contributed by atoms with Crippen molar-refractivity contribution in [2.24, 2.45) is 5.41 Å². The van der Waals surface area contributed by atoms with E-state index >= 15 is 0 Å². The van der Waals surface area contributed by atoms with Crippen molar-refractivity contribution < 1.29 is 9.53 Å². The Bertz CT molecular complexity index is 717. The third kappa shape index (κ3) is 5.93. The van der Waals surface area contributed by atoms with Crippen LogP contribution in [0.2, 0.25) is 0 Å². The summed E-state index contributed by atoms with van der Waals surface area (Å²) in [7, 11) is 0. The maximum absolute atomic E-state index is 12.2. The Labute approximate surface area is 151 Å².